The summed E-state index contributed by atoms with van der Waals surface area (Å²) in [6.45, 7) is 10.1. The van der Waals surface area contributed by atoms with Crippen LogP contribution in [0.4, 0.5) is 0 Å². The van der Waals surface area contributed by atoms with Gasteiger partial charge in [0.15, 0.2) is 50.1 Å². The number of esters is 1. The second-order valence-electron chi connectivity index (χ2n) is 9.04. The van der Waals surface area contributed by atoms with Gasteiger partial charge < -0.3 is 23.7 Å². The fourth-order valence-electron chi connectivity index (χ4n) is 4.95. The van der Waals surface area contributed by atoms with Crippen molar-refractivity contribution in [2.45, 2.75) is 90.9 Å². The number of carbonyl (C=O) groups is 5. The third-order valence-electron chi connectivity index (χ3n) is 6.60. The van der Waals surface area contributed by atoms with E-state index in [1.165, 1.54) is 0 Å². The van der Waals surface area contributed by atoms with E-state index in [2.05, 4.69) is 0 Å². The fraction of sp³-hybridized carbons (Fsp3) is 0.815. The van der Waals surface area contributed by atoms with Gasteiger partial charge in [0, 0.05) is 51.6 Å². The highest BCUT2D eigenvalue weighted by atomic mass is 16.5. The Kier molecular flexibility index (Phi) is 18.6. The molecule has 0 amide bonds. The van der Waals surface area contributed by atoms with E-state index in [0.717, 1.165) is 6.42 Å². The molecule has 1 aliphatic heterocycles. The molecule has 1 heterocycles. The van der Waals surface area contributed by atoms with E-state index < -0.39 is 30.9 Å². The fourth-order valence-corrected chi connectivity index (χ4v) is 4.95. The van der Waals surface area contributed by atoms with Crippen LogP contribution in [0, 0.1) is 0 Å². The number of hydrogen-bond acceptors (Lipinski definition) is 13. The Bertz CT molecular complexity index is 672. The van der Waals surface area contributed by atoms with Crippen LogP contribution in [0.1, 0.15) is 53.9 Å². The summed E-state index contributed by atoms with van der Waals surface area (Å²) >= 11 is 0. The molecule has 40 heavy (non-hydrogen) atoms. The predicted octanol–water partition coefficient (Wildman–Crippen LogP) is 0.623. The zero-order valence-corrected chi connectivity index (χ0v) is 24.5. The highest BCUT2D eigenvalue weighted by molar-refractivity contribution is 5.71. The van der Waals surface area contributed by atoms with Crippen LogP contribution in [0.15, 0.2) is 0 Å². The van der Waals surface area contributed by atoms with Crippen LogP contribution < -0.4 is 0 Å². The van der Waals surface area contributed by atoms with Crippen molar-refractivity contribution in [2.75, 3.05) is 52.7 Å². The molecule has 0 aromatic carbocycles. The number of ether oxygens (including phenoxy) is 5. The average Bonchev–Trinajstić information content (AvgIpc) is 2.95. The van der Waals surface area contributed by atoms with Gasteiger partial charge in [0.25, 0.3) is 0 Å². The minimum atomic E-state index is -1.04. The van der Waals surface area contributed by atoms with Gasteiger partial charge in [-0.1, -0.05) is 6.42 Å². The molecular formula is C27H47N3O10. The van der Waals surface area contributed by atoms with Crippen molar-refractivity contribution in [1.82, 2.24) is 14.7 Å². The Morgan fingerprint density at radius 1 is 0.675 bits per heavy atom. The first-order valence-electron chi connectivity index (χ1n) is 14.1. The Labute approximate surface area is 237 Å². The molecule has 6 atom stereocenters. The molecule has 13 nitrogen and oxygen atoms in total. The summed E-state index contributed by atoms with van der Waals surface area (Å²) in [5.41, 5.74) is 0. The lowest BCUT2D eigenvalue weighted by Crippen LogP contribution is -2.61. The normalized spacial score (nSPS) is 21.0. The first kappa shape index (κ1) is 35.9. The van der Waals surface area contributed by atoms with E-state index in [1.807, 2.05) is 4.90 Å². The van der Waals surface area contributed by atoms with E-state index in [-0.39, 0.29) is 64.8 Å². The van der Waals surface area contributed by atoms with Gasteiger partial charge in [0.05, 0.1) is 13.2 Å². The maximum atomic E-state index is 12.7. The molecule has 6 unspecified atom stereocenters. The highest BCUT2D eigenvalue weighted by Gasteiger charge is 2.39. The molecule has 0 aliphatic carbocycles. The summed E-state index contributed by atoms with van der Waals surface area (Å²) in [5.74, 6) is -0.445. The minimum Gasteiger partial charge on any atom is -0.465 e. The number of rotatable bonds is 23. The number of nitrogens with zero attached hydrogens (tertiary/aromatic N) is 3. The lowest BCUT2D eigenvalue weighted by atomic mass is 9.94. The van der Waals surface area contributed by atoms with Gasteiger partial charge in [-0.2, -0.15) is 0 Å². The zero-order chi connectivity index (χ0) is 29.9. The van der Waals surface area contributed by atoms with E-state index in [0.29, 0.717) is 38.0 Å². The number of hydrogen-bond donors (Lipinski definition) is 0. The summed E-state index contributed by atoms with van der Waals surface area (Å²) in [4.78, 5) is 65.6. The van der Waals surface area contributed by atoms with Gasteiger partial charge in [-0.05, 0) is 47.5 Å². The van der Waals surface area contributed by atoms with Crippen molar-refractivity contribution in [3.05, 3.63) is 0 Å². The van der Waals surface area contributed by atoms with Crippen LogP contribution in [-0.2, 0) is 47.7 Å². The summed E-state index contributed by atoms with van der Waals surface area (Å²) in [5, 5.41) is 0. The quantitative estimate of drug-likeness (QED) is 0.0959. The molecule has 0 aromatic heterocycles. The predicted molar refractivity (Wildman–Crippen MR) is 144 cm³/mol. The molecule has 1 saturated heterocycles. The van der Waals surface area contributed by atoms with E-state index in [4.69, 9.17) is 23.7 Å². The molecule has 0 spiro atoms. The molecule has 0 radical (unpaired) electrons. The summed E-state index contributed by atoms with van der Waals surface area (Å²) < 4.78 is 27.7. The lowest BCUT2D eigenvalue weighted by Gasteiger charge is -2.46. The van der Waals surface area contributed by atoms with Crippen LogP contribution in [0.3, 0.4) is 0 Å². The number of likely N-dealkylation sites (tertiary alicyclic amines) is 1. The van der Waals surface area contributed by atoms with Crippen molar-refractivity contribution in [3.8, 4) is 0 Å². The second-order valence-corrected chi connectivity index (χ2v) is 9.04. The van der Waals surface area contributed by atoms with E-state index in [1.54, 1.807) is 44.4 Å². The molecular weight excluding hydrogens is 526 g/mol. The number of carbonyl (C=O) groups excluding carboxylic acids is 5. The smallest absolute Gasteiger partial charge is 0.320 e. The van der Waals surface area contributed by atoms with Crippen LogP contribution in [0.5, 0.6) is 0 Å². The first-order valence-corrected chi connectivity index (χ1v) is 14.1. The summed E-state index contributed by atoms with van der Waals surface area (Å²) in [7, 11) is 0. The molecule has 0 aromatic rings. The number of aldehydes is 4. The van der Waals surface area contributed by atoms with Gasteiger partial charge in [0.1, 0.15) is 0 Å². The van der Waals surface area contributed by atoms with Crippen LogP contribution in [-0.4, -0.2) is 135 Å². The summed E-state index contributed by atoms with van der Waals surface area (Å²) in [6, 6.07) is -0.640. The molecule has 0 N–H and O–H groups in total. The van der Waals surface area contributed by atoms with Crippen LogP contribution in [0.2, 0.25) is 0 Å². The highest BCUT2D eigenvalue weighted by Crippen LogP contribution is 2.27. The van der Waals surface area contributed by atoms with Crippen LogP contribution in [0.25, 0.3) is 0 Å². The van der Waals surface area contributed by atoms with Gasteiger partial charge >= 0.3 is 5.97 Å². The van der Waals surface area contributed by atoms with Gasteiger partial charge in [-0.3, -0.25) is 28.9 Å². The molecule has 13 heteroatoms. The maximum Gasteiger partial charge on any atom is 0.320 e. The van der Waals surface area contributed by atoms with Crippen molar-refractivity contribution in [1.29, 1.82) is 0 Å². The monoisotopic (exact) mass is 573 g/mol. The second kappa shape index (κ2) is 20.7. The standard InChI is InChI=1S/C27H47N3O10/c1-6-36-23(17-31)29(24(18-32)37-7-2)14-21-12-11-13-22(28(21)16-27(35)40-10-5)15-30(25(19-33)38-8-3)26(20-34)39-9-4/h17-26H,6-16H2,1-5H3. The van der Waals surface area contributed by atoms with Crippen molar-refractivity contribution >= 4 is 31.1 Å². The molecule has 0 bridgehead atoms. The Hall–Kier alpha value is -2.13. The average molecular weight is 574 g/mol. The largest absolute Gasteiger partial charge is 0.465 e. The molecule has 1 aliphatic rings. The van der Waals surface area contributed by atoms with Crippen LogP contribution >= 0.6 is 0 Å². The number of piperidine rings is 1. The molecule has 1 rings (SSSR count). The Morgan fingerprint density at radius 2 is 1.02 bits per heavy atom. The minimum absolute atomic E-state index is 0.0770. The topological polar surface area (TPSA) is 141 Å². The maximum absolute atomic E-state index is 12.7. The molecule has 230 valence electrons. The van der Waals surface area contributed by atoms with Gasteiger partial charge in [-0.15, -0.1) is 0 Å². The van der Waals surface area contributed by atoms with Crippen molar-refractivity contribution < 1.29 is 47.7 Å². The van der Waals surface area contributed by atoms with Gasteiger partial charge in [-0.25, -0.2) is 9.80 Å². The molecule has 1 fully saturated rings. The van der Waals surface area contributed by atoms with Crippen molar-refractivity contribution in [3.63, 3.8) is 0 Å². The SMILES string of the molecule is CCOC(=O)CN1C(CN(C(C=O)OCC)C(C=O)OCC)CCCC1CN(C(C=O)OCC)C(C=O)OCC. The third-order valence-corrected chi connectivity index (χ3v) is 6.60. The zero-order valence-electron chi connectivity index (χ0n) is 24.5. The van der Waals surface area contributed by atoms with E-state index in [9.17, 15) is 24.0 Å². The Balaban J connectivity index is 3.45. The van der Waals surface area contributed by atoms with Crippen molar-refractivity contribution in [2.24, 2.45) is 0 Å². The van der Waals surface area contributed by atoms with E-state index >= 15 is 0 Å². The first-order chi connectivity index (χ1) is 19.4. The third kappa shape index (κ3) is 11.0. The lowest BCUT2D eigenvalue weighted by molar-refractivity contribution is -0.174. The Morgan fingerprint density at radius 3 is 1.30 bits per heavy atom. The molecule has 0 saturated carbocycles. The summed E-state index contributed by atoms with van der Waals surface area (Å²) in [6.07, 6.45) is 0.345. The van der Waals surface area contributed by atoms with Gasteiger partial charge in [0.2, 0.25) is 0 Å².